The summed E-state index contributed by atoms with van der Waals surface area (Å²) in [6.07, 6.45) is 4.93. The lowest BCUT2D eigenvalue weighted by molar-refractivity contribution is -0.136. The molecule has 1 aromatic rings. The summed E-state index contributed by atoms with van der Waals surface area (Å²) in [6, 6.07) is -0.618. The summed E-state index contributed by atoms with van der Waals surface area (Å²) in [5.41, 5.74) is -0.638. The van der Waals surface area contributed by atoms with Crippen molar-refractivity contribution < 1.29 is 23.6 Å². The third kappa shape index (κ3) is 7.83. The fraction of sp³-hybridized carbons (Fsp3) is 0.769. The third-order valence-corrected chi connectivity index (χ3v) is 8.16. The minimum atomic E-state index is -0.618. The molecule has 1 aromatic heterocycles. The van der Waals surface area contributed by atoms with Gasteiger partial charge in [-0.25, -0.2) is 14.8 Å². The predicted octanol–water partition coefficient (Wildman–Crippen LogP) is 3.66. The largest absolute Gasteiger partial charge is 0.498 e. The lowest BCUT2D eigenvalue weighted by atomic mass is 9.81. The monoisotopic (exact) mass is 534 g/mol. The van der Waals surface area contributed by atoms with Crippen LogP contribution in [0.3, 0.4) is 0 Å². The topological polar surface area (TPSA) is 103 Å². The first-order chi connectivity index (χ1) is 17.1. The smallest absolute Gasteiger partial charge is 0.444 e. The summed E-state index contributed by atoms with van der Waals surface area (Å²) in [6.45, 7) is 18.7. The first kappa shape index (κ1) is 29.7. The molecule has 0 aliphatic carbocycles. The van der Waals surface area contributed by atoms with Crippen LogP contribution in [-0.2, 0) is 18.8 Å². The van der Waals surface area contributed by atoms with Crippen molar-refractivity contribution in [1.29, 1.82) is 0 Å². The number of hydrogen-bond acceptors (Lipinski definition) is 8. The van der Waals surface area contributed by atoms with Gasteiger partial charge in [-0.1, -0.05) is 25.6 Å². The van der Waals surface area contributed by atoms with Crippen LogP contribution in [0.5, 0.6) is 0 Å². The van der Waals surface area contributed by atoms with Gasteiger partial charge in [0.15, 0.2) is 5.16 Å². The summed E-state index contributed by atoms with van der Waals surface area (Å²) in [7, 11) is -0.481. The number of nitrogens with one attached hydrogen (secondary N) is 1. The number of rotatable bonds is 7. The van der Waals surface area contributed by atoms with E-state index in [1.54, 1.807) is 44.9 Å². The van der Waals surface area contributed by atoms with Gasteiger partial charge in [0.05, 0.1) is 11.2 Å². The number of thioether (sulfide) groups is 1. The van der Waals surface area contributed by atoms with Crippen LogP contribution < -0.4 is 10.8 Å². The van der Waals surface area contributed by atoms with E-state index in [-0.39, 0.29) is 11.8 Å². The van der Waals surface area contributed by atoms with E-state index >= 15 is 0 Å². The van der Waals surface area contributed by atoms with Crippen molar-refractivity contribution in [3.05, 3.63) is 12.4 Å². The van der Waals surface area contributed by atoms with Gasteiger partial charge in [0, 0.05) is 36.7 Å². The van der Waals surface area contributed by atoms with Gasteiger partial charge in [0.1, 0.15) is 11.6 Å². The van der Waals surface area contributed by atoms with Crippen molar-refractivity contribution in [1.82, 2.24) is 20.2 Å². The van der Waals surface area contributed by atoms with Gasteiger partial charge < -0.3 is 24.3 Å². The molecular weight excluding hydrogens is 491 g/mol. The molecule has 2 amide bonds. The molecule has 2 saturated heterocycles. The van der Waals surface area contributed by atoms with E-state index < -0.39 is 36.1 Å². The highest BCUT2D eigenvalue weighted by molar-refractivity contribution is 7.99. The molecule has 37 heavy (non-hydrogen) atoms. The first-order valence-corrected chi connectivity index (χ1v) is 14.2. The minimum absolute atomic E-state index is 0.0503. The van der Waals surface area contributed by atoms with Crippen LogP contribution >= 0.6 is 11.8 Å². The zero-order valence-electron chi connectivity index (χ0n) is 23.8. The second-order valence-electron chi connectivity index (χ2n) is 12.4. The average Bonchev–Trinajstić information content (AvgIpc) is 3.01. The van der Waals surface area contributed by atoms with Crippen molar-refractivity contribution in [2.24, 2.45) is 11.8 Å². The number of ether oxygens (including phenoxy) is 1. The van der Waals surface area contributed by atoms with Crippen LogP contribution in [0.1, 0.15) is 75.2 Å². The Morgan fingerprint density at radius 3 is 2.32 bits per heavy atom. The highest BCUT2D eigenvalue weighted by Gasteiger charge is 2.52. The van der Waals surface area contributed by atoms with Crippen LogP contribution in [0.2, 0.25) is 0 Å². The van der Waals surface area contributed by atoms with Crippen molar-refractivity contribution in [2.45, 2.75) is 103 Å². The number of carbonyl (C=O) groups is 2. The standard InChI is InChI=1S/C26H43BN4O5S/c1-17(2)20(30-23(33)34-24(3,4)5)21(32)31-12-10-11-18(15-31)16-37-22-28-13-19(14-29-22)27-35-25(6,7)26(8,9)36-27/h13-14,17-18,20H,10-12,15-16H2,1-9H3,(H,30,33). The molecule has 206 valence electrons. The molecule has 1 N–H and O–H groups in total. The molecular formula is C26H43BN4O5S. The molecule has 2 aliphatic rings. The number of hydrogen-bond donors (Lipinski definition) is 1. The van der Waals surface area contributed by atoms with Gasteiger partial charge in [-0.05, 0) is 73.1 Å². The fourth-order valence-corrected chi connectivity index (χ4v) is 5.15. The van der Waals surface area contributed by atoms with E-state index in [4.69, 9.17) is 14.0 Å². The zero-order valence-corrected chi connectivity index (χ0v) is 24.6. The molecule has 2 fully saturated rings. The van der Waals surface area contributed by atoms with Crippen LogP contribution in [0.15, 0.2) is 17.6 Å². The summed E-state index contributed by atoms with van der Waals surface area (Å²) in [5, 5.41) is 3.47. The second-order valence-corrected chi connectivity index (χ2v) is 13.3. The van der Waals surface area contributed by atoms with E-state index in [0.29, 0.717) is 24.2 Å². The predicted molar refractivity (Wildman–Crippen MR) is 146 cm³/mol. The molecule has 0 aromatic carbocycles. The number of amides is 2. The molecule has 2 unspecified atom stereocenters. The maximum atomic E-state index is 13.3. The lowest BCUT2D eigenvalue weighted by Crippen LogP contribution is -2.54. The average molecular weight is 535 g/mol. The number of piperidine rings is 1. The quantitative estimate of drug-likeness (QED) is 0.321. The molecule has 0 bridgehead atoms. The molecule has 3 rings (SSSR count). The van der Waals surface area contributed by atoms with Gasteiger partial charge in [-0.15, -0.1) is 0 Å². The lowest BCUT2D eigenvalue weighted by Gasteiger charge is -2.36. The Morgan fingerprint density at radius 2 is 1.78 bits per heavy atom. The third-order valence-electron chi connectivity index (χ3n) is 7.06. The molecule has 2 atom stereocenters. The Hall–Kier alpha value is -1.85. The summed E-state index contributed by atoms with van der Waals surface area (Å²) in [5.74, 6) is 1.03. The molecule has 11 heteroatoms. The molecule has 0 saturated carbocycles. The molecule has 0 radical (unpaired) electrons. The number of carbonyl (C=O) groups excluding carboxylic acids is 2. The van der Waals surface area contributed by atoms with Gasteiger partial charge in [0.2, 0.25) is 5.91 Å². The number of nitrogens with zero attached hydrogens (tertiary/aromatic N) is 3. The van der Waals surface area contributed by atoms with E-state index in [1.165, 1.54) is 0 Å². The summed E-state index contributed by atoms with van der Waals surface area (Å²) in [4.78, 5) is 36.5. The fourth-order valence-electron chi connectivity index (χ4n) is 4.24. The molecule has 3 heterocycles. The van der Waals surface area contributed by atoms with E-state index in [1.807, 2.05) is 46.4 Å². The normalized spacial score (nSPS) is 22.2. The van der Waals surface area contributed by atoms with Crippen molar-refractivity contribution in [3.8, 4) is 0 Å². The first-order valence-electron chi connectivity index (χ1n) is 13.2. The van der Waals surface area contributed by atoms with Crippen LogP contribution in [0, 0.1) is 11.8 Å². The minimum Gasteiger partial charge on any atom is -0.444 e. The molecule has 9 nitrogen and oxygen atoms in total. The number of likely N-dealkylation sites (tertiary alicyclic amines) is 1. The molecule has 2 aliphatic heterocycles. The Labute approximate surface area is 226 Å². The SMILES string of the molecule is CC(C)C(NC(=O)OC(C)(C)C)C(=O)N1CCCC(CSc2ncc(B3OC(C)(C)C(C)(C)O3)cn2)C1. The van der Waals surface area contributed by atoms with Gasteiger partial charge in [-0.3, -0.25) is 4.79 Å². The number of aromatic nitrogens is 2. The highest BCUT2D eigenvalue weighted by atomic mass is 32.2. The maximum Gasteiger partial charge on any atom is 0.498 e. The van der Waals surface area contributed by atoms with E-state index in [0.717, 1.165) is 24.1 Å². The Balaban J connectivity index is 1.53. The van der Waals surface area contributed by atoms with Crippen molar-refractivity contribution in [3.63, 3.8) is 0 Å². The maximum absolute atomic E-state index is 13.3. The summed E-state index contributed by atoms with van der Waals surface area (Å²) < 4.78 is 17.5. The van der Waals surface area contributed by atoms with E-state index in [2.05, 4.69) is 15.3 Å². The van der Waals surface area contributed by atoms with Gasteiger partial charge >= 0.3 is 13.2 Å². The number of alkyl carbamates (subject to hydrolysis) is 1. The Bertz CT molecular complexity index is 935. The second kappa shape index (κ2) is 11.5. The van der Waals surface area contributed by atoms with Crippen molar-refractivity contribution >= 4 is 36.3 Å². The molecule has 0 spiro atoms. The van der Waals surface area contributed by atoms with Crippen LogP contribution in [0.25, 0.3) is 0 Å². The van der Waals surface area contributed by atoms with Gasteiger partial charge in [-0.2, -0.15) is 0 Å². The highest BCUT2D eigenvalue weighted by Crippen LogP contribution is 2.36. The zero-order chi connectivity index (χ0) is 27.6. The Morgan fingerprint density at radius 1 is 1.19 bits per heavy atom. The van der Waals surface area contributed by atoms with Crippen LogP contribution in [0.4, 0.5) is 4.79 Å². The van der Waals surface area contributed by atoms with E-state index in [9.17, 15) is 9.59 Å². The summed E-state index contributed by atoms with van der Waals surface area (Å²) >= 11 is 1.59. The van der Waals surface area contributed by atoms with Gasteiger partial charge in [0.25, 0.3) is 0 Å². The van der Waals surface area contributed by atoms with Crippen molar-refractivity contribution in [2.75, 3.05) is 18.8 Å². The Kier molecular flexibility index (Phi) is 9.23. The van der Waals surface area contributed by atoms with Crippen LogP contribution in [-0.4, -0.2) is 75.7 Å².